The lowest BCUT2D eigenvalue weighted by atomic mass is 10.3. The van der Waals surface area contributed by atoms with Gasteiger partial charge in [0.25, 0.3) is 0 Å². The van der Waals surface area contributed by atoms with Crippen molar-refractivity contribution in [1.82, 2.24) is 19.7 Å². The van der Waals surface area contributed by atoms with Crippen molar-refractivity contribution in [3.05, 3.63) is 42.7 Å². The van der Waals surface area contributed by atoms with E-state index in [2.05, 4.69) is 10.2 Å². The number of amides is 1. The van der Waals surface area contributed by atoms with E-state index in [9.17, 15) is 4.79 Å². The van der Waals surface area contributed by atoms with Gasteiger partial charge in [0.05, 0.1) is 38.0 Å². The molecule has 0 atom stereocenters. The summed E-state index contributed by atoms with van der Waals surface area (Å²) in [5.41, 5.74) is 0.780. The summed E-state index contributed by atoms with van der Waals surface area (Å²) in [6.45, 7) is 2.40. The third kappa shape index (κ3) is 3.76. The van der Waals surface area contributed by atoms with Crippen molar-refractivity contribution in [3.63, 3.8) is 0 Å². The Balaban J connectivity index is 1.65. The molecule has 28 heavy (non-hydrogen) atoms. The molecular weight excluding hydrogens is 380 g/mol. The molecule has 0 aliphatic carbocycles. The second-order valence-electron chi connectivity index (χ2n) is 6.07. The van der Waals surface area contributed by atoms with Crippen LogP contribution in [0, 0.1) is 0 Å². The molecule has 0 bridgehead atoms. The number of morpholine rings is 1. The molecule has 0 spiro atoms. The van der Waals surface area contributed by atoms with Gasteiger partial charge in [-0.3, -0.25) is 9.36 Å². The van der Waals surface area contributed by atoms with Gasteiger partial charge in [-0.2, -0.15) is 0 Å². The SMILES string of the molecule is COc1ccccc1-n1c(SCC(=O)N2CCOCC2)nnc1-c1ccco1. The molecule has 0 radical (unpaired) electrons. The van der Waals surface area contributed by atoms with E-state index in [1.54, 1.807) is 19.4 Å². The van der Waals surface area contributed by atoms with Crippen molar-refractivity contribution in [1.29, 1.82) is 0 Å². The van der Waals surface area contributed by atoms with Crippen LogP contribution in [0.2, 0.25) is 0 Å². The van der Waals surface area contributed by atoms with Crippen LogP contribution in [0.1, 0.15) is 0 Å². The molecule has 0 saturated carbocycles. The molecular formula is C19H20N4O4S. The molecule has 8 nitrogen and oxygen atoms in total. The van der Waals surface area contributed by atoms with E-state index in [0.29, 0.717) is 48.8 Å². The molecule has 0 unspecified atom stereocenters. The number of methoxy groups -OCH3 is 1. The average molecular weight is 400 g/mol. The number of carbonyl (C=O) groups is 1. The summed E-state index contributed by atoms with van der Waals surface area (Å²) >= 11 is 1.34. The van der Waals surface area contributed by atoms with E-state index in [0.717, 1.165) is 5.69 Å². The number of ether oxygens (including phenoxy) is 2. The number of nitrogens with zero attached hydrogens (tertiary/aromatic N) is 4. The number of thioether (sulfide) groups is 1. The van der Waals surface area contributed by atoms with Crippen LogP contribution in [0.3, 0.4) is 0 Å². The van der Waals surface area contributed by atoms with E-state index in [1.165, 1.54) is 11.8 Å². The zero-order valence-electron chi connectivity index (χ0n) is 15.4. The van der Waals surface area contributed by atoms with Crippen LogP contribution in [0.5, 0.6) is 5.75 Å². The van der Waals surface area contributed by atoms with Crippen molar-refractivity contribution in [2.75, 3.05) is 39.2 Å². The van der Waals surface area contributed by atoms with E-state index in [1.807, 2.05) is 39.8 Å². The largest absolute Gasteiger partial charge is 0.495 e. The van der Waals surface area contributed by atoms with Gasteiger partial charge < -0.3 is 18.8 Å². The molecule has 3 heterocycles. The van der Waals surface area contributed by atoms with Crippen molar-refractivity contribution in [2.24, 2.45) is 0 Å². The lowest BCUT2D eigenvalue weighted by Gasteiger charge is -2.26. The van der Waals surface area contributed by atoms with Gasteiger partial charge in [0, 0.05) is 13.1 Å². The third-order valence-electron chi connectivity index (χ3n) is 4.39. The fourth-order valence-electron chi connectivity index (χ4n) is 2.99. The van der Waals surface area contributed by atoms with Gasteiger partial charge in [-0.1, -0.05) is 23.9 Å². The molecule has 3 aromatic rings. The van der Waals surface area contributed by atoms with E-state index in [-0.39, 0.29) is 11.7 Å². The number of rotatable bonds is 6. The summed E-state index contributed by atoms with van der Waals surface area (Å²) < 4.78 is 18.2. The van der Waals surface area contributed by atoms with Crippen molar-refractivity contribution in [2.45, 2.75) is 5.16 Å². The molecule has 9 heteroatoms. The maximum absolute atomic E-state index is 12.5. The van der Waals surface area contributed by atoms with Crippen LogP contribution in [0.25, 0.3) is 17.3 Å². The first-order valence-electron chi connectivity index (χ1n) is 8.89. The van der Waals surface area contributed by atoms with Gasteiger partial charge >= 0.3 is 0 Å². The number of carbonyl (C=O) groups excluding carboxylic acids is 1. The minimum atomic E-state index is 0.0578. The Hall–Kier alpha value is -2.78. The number of aromatic nitrogens is 3. The van der Waals surface area contributed by atoms with Crippen LogP contribution in [-0.2, 0) is 9.53 Å². The highest BCUT2D eigenvalue weighted by Crippen LogP contribution is 2.32. The van der Waals surface area contributed by atoms with Gasteiger partial charge in [-0.05, 0) is 24.3 Å². The predicted octanol–water partition coefficient (Wildman–Crippen LogP) is 2.49. The van der Waals surface area contributed by atoms with Gasteiger partial charge in [0.2, 0.25) is 11.7 Å². The molecule has 1 amide bonds. The highest BCUT2D eigenvalue weighted by Gasteiger charge is 2.23. The molecule has 1 aromatic carbocycles. The van der Waals surface area contributed by atoms with Crippen molar-refractivity contribution < 1.29 is 18.7 Å². The van der Waals surface area contributed by atoms with Crippen LogP contribution < -0.4 is 4.74 Å². The third-order valence-corrected chi connectivity index (χ3v) is 5.30. The fourth-order valence-corrected chi connectivity index (χ4v) is 3.84. The molecule has 1 saturated heterocycles. The lowest BCUT2D eigenvalue weighted by Crippen LogP contribution is -2.41. The summed E-state index contributed by atoms with van der Waals surface area (Å²) in [5.74, 6) is 2.14. The molecule has 146 valence electrons. The van der Waals surface area contributed by atoms with Crippen LogP contribution >= 0.6 is 11.8 Å². The van der Waals surface area contributed by atoms with E-state index < -0.39 is 0 Å². The predicted molar refractivity (Wildman–Crippen MR) is 104 cm³/mol. The summed E-state index contributed by atoms with van der Waals surface area (Å²) in [6.07, 6.45) is 1.59. The number of para-hydroxylation sites is 2. The second kappa shape index (κ2) is 8.49. The number of furan rings is 1. The second-order valence-corrected chi connectivity index (χ2v) is 7.02. The quantitative estimate of drug-likeness (QED) is 0.588. The summed E-state index contributed by atoms with van der Waals surface area (Å²) in [6, 6.07) is 11.2. The monoisotopic (exact) mass is 400 g/mol. The minimum Gasteiger partial charge on any atom is -0.495 e. The Morgan fingerprint density at radius 1 is 1.18 bits per heavy atom. The van der Waals surface area contributed by atoms with Gasteiger partial charge in [0.15, 0.2) is 10.9 Å². The first kappa shape index (κ1) is 18.6. The number of hydrogen-bond donors (Lipinski definition) is 0. The maximum atomic E-state index is 12.5. The van der Waals surface area contributed by atoms with E-state index >= 15 is 0 Å². The first-order chi connectivity index (χ1) is 13.8. The zero-order valence-corrected chi connectivity index (χ0v) is 16.2. The first-order valence-corrected chi connectivity index (χ1v) is 9.87. The number of benzene rings is 1. The summed E-state index contributed by atoms with van der Waals surface area (Å²) in [4.78, 5) is 14.3. The maximum Gasteiger partial charge on any atom is 0.233 e. The highest BCUT2D eigenvalue weighted by molar-refractivity contribution is 7.99. The molecule has 4 rings (SSSR count). The average Bonchev–Trinajstić information content (AvgIpc) is 3.42. The van der Waals surface area contributed by atoms with Crippen molar-refractivity contribution >= 4 is 17.7 Å². The Labute approximate surface area is 166 Å². The minimum absolute atomic E-state index is 0.0578. The molecule has 1 aliphatic heterocycles. The van der Waals surface area contributed by atoms with Crippen LogP contribution in [-0.4, -0.2) is 64.7 Å². The molecule has 1 aliphatic rings. The van der Waals surface area contributed by atoms with Crippen LogP contribution in [0.15, 0.2) is 52.2 Å². The normalized spacial score (nSPS) is 14.2. The summed E-state index contributed by atoms with van der Waals surface area (Å²) in [5, 5.41) is 9.20. The van der Waals surface area contributed by atoms with Gasteiger partial charge in [0.1, 0.15) is 5.75 Å². The molecule has 2 aromatic heterocycles. The Morgan fingerprint density at radius 2 is 2.00 bits per heavy atom. The van der Waals surface area contributed by atoms with Gasteiger partial charge in [-0.25, -0.2) is 0 Å². The Kier molecular flexibility index (Phi) is 5.63. The molecule has 1 fully saturated rings. The smallest absolute Gasteiger partial charge is 0.233 e. The van der Waals surface area contributed by atoms with Crippen LogP contribution in [0.4, 0.5) is 0 Å². The topological polar surface area (TPSA) is 82.6 Å². The Morgan fingerprint density at radius 3 is 2.75 bits per heavy atom. The highest BCUT2D eigenvalue weighted by atomic mass is 32.2. The zero-order chi connectivity index (χ0) is 19.3. The van der Waals surface area contributed by atoms with Crippen molar-refractivity contribution in [3.8, 4) is 23.0 Å². The number of hydrogen-bond acceptors (Lipinski definition) is 7. The Bertz CT molecular complexity index is 935. The standard InChI is InChI=1S/C19H20N4O4S/c1-25-15-6-3-2-5-14(15)23-18(16-7-4-10-27-16)20-21-19(23)28-13-17(24)22-8-11-26-12-9-22/h2-7,10H,8-9,11-13H2,1H3. The molecule has 0 N–H and O–H groups in total. The summed E-state index contributed by atoms with van der Waals surface area (Å²) in [7, 11) is 1.62. The lowest BCUT2D eigenvalue weighted by molar-refractivity contribution is -0.132. The van der Waals surface area contributed by atoms with Gasteiger partial charge in [-0.15, -0.1) is 10.2 Å². The fraction of sp³-hybridized carbons (Fsp3) is 0.316. The van der Waals surface area contributed by atoms with E-state index in [4.69, 9.17) is 13.9 Å².